The van der Waals surface area contributed by atoms with Crippen molar-refractivity contribution in [2.45, 2.75) is 16.7 Å². The molecular formula is C20H15N3O3S. The lowest BCUT2D eigenvalue weighted by molar-refractivity contribution is -0.118. The van der Waals surface area contributed by atoms with Crippen LogP contribution in [0.4, 0.5) is 0 Å². The van der Waals surface area contributed by atoms with Gasteiger partial charge in [0, 0.05) is 15.5 Å². The number of nitrogens with zero attached hydrogens (tertiary/aromatic N) is 2. The number of benzene rings is 2. The van der Waals surface area contributed by atoms with Crippen molar-refractivity contribution in [2.75, 3.05) is 6.61 Å². The molecule has 0 radical (unpaired) electrons. The van der Waals surface area contributed by atoms with Crippen LogP contribution in [0.15, 0.2) is 69.6 Å². The van der Waals surface area contributed by atoms with Crippen molar-refractivity contribution >= 4 is 23.5 Å². The van der Waals surface area contributed by atoms with Crippen LogP contribution in [0.5, 0.6) is 0 Å². The third-order valence-electron chi connectivity index (χ3n) is 3.45. The third-order valence-corrected chi connectivity index (χ3v) is 4.61. The van der Waals surface area contributed by atoms with E-state index in [0.717, 1.165) is 0 Å². The Kier molecular flexibility index (Phi) is 6.76. The van der Waals surface area contributed by atoms with Gasteiger partial charge in [0.2, 0.25) is 5.78 Å². The van der Waals surface area contributed by atoms with Gasteiger partial charge in [-0.05, 0) is 31.2 Å². The zero-order chi connectivity index (χ0) is 19.8. The van der Waals surface area contributed by atoms with Crippen LogP contribution < -0.4 is 5.73 Å². The van der Waals surface area contributed by atoms with Crippen LogP contribution in [0, 0.1) is 22.7 Å². The molecule has 27 heavy (non-hydrogen) atoms. The van der Waals surface area contributed by atoms with E-state index in [9.17, 15) is 14.9 Å². The molecule has 0 spiro atoms. The lowest BCUT2D eigenvalue weighted by Crippen LogP contribution is -2.18. The summed E-state index contributed by atoms with van der Waals surface area (Å²) in [6, 6.07) is 17.6. The van der Waals surface area contributed by atoms with E-state index in [-0.39, 0.29) is 16.8 Å². The second-order valence-corrected chi connectivity index (χ2v) is 6.46. The number of ether oxygens (including phenoxy) is 1. The van der Waals surface area contributed by atoms with Crippen LogP contribution in [0.1, 0.15) is 22.8 Å². The van der Waals surface area contributed by atoms with Crippen LogP contribution in [0.25, 0.3) is 0 Å². The van der Waals surface area contributed by atoms with E-state index in [0.29, 0.717) is 15.4 Å². The third kappa shape index (κ3) is 4.97. The number of carbonyl (C=O) groups excluding carboxylic acids is 2. The van der Waals surface area contributed by atoms with Crippen LogP contribution in [0.2, 0.25) is 0 Å². The molecule has 2 rings (SSSR count). The number of carbonyl (C=O) groups is 2. The van der Waals surface area contributed by atoms with Crippen LogP contribution in [0.3, 0.4) is 0 Å². The monoisotopic (exact) mass is 377 g/mol. The fourth-order valence-electron chi connectivity index (χ4n) is 2.14. The quantitative estimate of drug-likeness (QED) is 0.467. The van der Waals surface area contributed by atoms with E-state index in [1.54, 1.807) is 54.6 Å². The number of nitrogens with two attached hydrogens (primary N) is 1. The van der Waals surface area contributed by atoms with E-state index in [1.165, 1.54) is 18.7 Å². The number of ketones is 1. The average molecular weight is 377 g/mol. The highest BCUT2D eigenvalue weighted by atomic mass is 32.2. The Morgan fingerprint density at radius 1 is 1.07 bits per heavy atom. The highest BCUT2D eigenvalue weighted by Gasteiger charge is 2.18. The van der Waals surface area contributed by atoms with E-state index < -0.39 is 18.4 Å². The van der Waals surface area contributed by atoms with Crippen LogP contribution >= 0.6 is 11.8 Å². The molecule has 2 aromatic rings. The maximum Gasteiger partial charge on any atom is 0.339 e. The Labute approximate surface area is 160 Å². The first-order valence-corrected chi connectivity index (χ1v) is 8.62. The number of hydrogen-bond acceptors (Lipinski definition) is 7. The summed E-state index contributed by atoms with van der Waals surface area (Å²) >= 11 is 1.25. The summed E-state index contributed by atoms with van der Waals surface area (Å²) in [6.07, 6.45) is 0. The first-order chi connectivity index (χ1) is 13.0. The Morgan fingerprint density at radius 2 is 1.70 bits per heavy atom. The van der Waals surface area contributed by atoms with E-state index in [1.807, 2.05) is 0 Å². The van der Waals surface area contributed by atoms with Crippen molar-refractivity contribution in [3.63, 3.8) is 0 Å². The average Bonchev–Trinajstić information content (AvgIpc) is 2.67. The van der Waals surface area contributed by atoms with Gasteiger partial charge < -0.3 is 10.5 Å². The summed E-state index contributed by atoms with van der Waals surface area (Å²) in [6.45, 7) is 0.848. The van der Waals surface area contributed by atoms with Gasteiger partial charge in [0.15, 0.2) is 6.61 Å². The minimum Gasteiger partial charge on any atom is -0.454 e. The molecule has 0 saturated carbocycles. The maximum atomic E-state index is 12.4. The van der Waals surface area contributed by atoms with Crippen molar-refractivity contribution in [1.29, 1.82) is 10.5 Å². The molecule has 134 valence electrons. The lowest BCUT2D eigenvalue weighted by atomic mass is 10.1. The Morgan fingerprint density at radius 3 is 2.33 bits per heavy atom. The summed E-state index contributed by atoms with van der Waals surface area (Å²) in [5.41, 5.74) is 6.06. The van der Waals surface area contributed by atoms with Crippen LogP contribution in [-0.4, -0.2) is 18.4 Å². The summed E-state index contributed by atoms with van der Waals surface area (Å²) < 4.78 is 5.05. The molecule has 0 atom stereocenters. The summed E-state index contributed by atoms with van der Waals surface area (Å²) in [7, 11) is 0. The highest BCUT2D eigenvalue weighted by Crippen LogP contribution is 2.32. The summed E-state index contributed by atoms with van der Waals surface area (Å²) in [5.74, 6) is -1.36. The van der Waals surface area contributed by atoms with E-state index in [4.69, 9.17) is 15.7 Å². The zero-order valence-corrected chi connectivity index (χ0v) is 15.2. The molecule has 2 aromatic carbocycles. The molecule has 0 fully saturated rings. The molecule has 0 aliphatic heterocycles. The standard InChI is InChI=1S/C20H15N3O3S/c1-13(23)16(11-22)17(24)12-26-20(25)15-7-3-5-9-19(15)27-18-8-4-2-6-14(18)10-21/h2-9H,12,23H2,1H3. The molecule has 0 aliphatic carbocycles. The molecule has 6 nitrogen and oxygen atoms in total. The number of allylic oxidation sites excluding steroid dienone is 1. The second kappa shape index (κ2) is 9.23. The van der Waals surface area contributed by atoms with E-state index >= 15 is 0 Å². The molecule has 0 bridgehead atoms. The van der Waals surface area contributed by atoms with Gasteiger partial charge in [0.1, 0.15) is 17.7 Å². The predicted octanol–water partition coefficient (Wildman–Crippen LogP) is 3.19. The Bertz CT molecular complexity index is 996. The van der Waals surface area contributed by atoms with Crippen molar-refractivity contribution in [1.82, 2.24) is 0 Å². The van der Waals surface area contributed by atoms with Gasteiger partial charge in [-0.2, -0.15) is 10.5 Å². The number of nitriles is 2. The smallest absolute Gasteiger partial charge is 0.339 e. The van der Waals surface area contributed by atoms with Gasteiger partial charge in [-0.25, -0.2) is 4.79 Å². The van der Waals surface area contributed by atoms with Gasteiger partial charge in [0.05, 0.1) is 11.1 Å². The largest absolute Gasteiger partial charge is 0.454 e. The van der Waals surface area contributed by atoms with Gasteiger partial charge in [0.25, 0.3) is 0 Å². The van der Waals surface area contributed by atoms with Crippen molar-refractivity contribution in [3.05, 3.63) is 70.9 Å². The minimum atomic E-state index is -0.701. The zero-order valence-electron chi connectivity index (χ0n) is 14.4. The summed E-state index contributed by atoms with van der Waals surface area (Å²) in [4.78, 5) is 25.6. The van der Waals surface area contributed by atoms with Gasteiger partial charge in [-0.3, -0.25) is 4.79 Å². The number of hydrogen-bond donors (Lipinski definition) is 1. The second-order valence-electron chi connectivity index (χ2n) is 5.38. The number of rotatable bonds is 6. The fraction of sp³-hybridized carbons (Fsp3) is 0.100. The number of Topliss-reactive ketones (excluding diaryl/α,β-unsaturated/α-hetero) is 1. The molecule has 0 aromatic heterocycles. The highest BCUT2D eigenvalue weighted by molar-refractivity contribution is 7.99. The number of esters is 1. The molecule has 0 saturated heterocycles. The normalized spacial score (nSPS) is 10.9. The van der Waals surface area contributed by atoms with Crippen molar-refractivity contribution < 1.29 is 14.3 Å². The van der Waals surface area contributed by atoms with Crippen molar-refractivity contribution in [3.8, 4) is 12.1 Å². The predicted molar refractivity (Wildman–Crippen MR) is 99.5 cm³/mol. The fourth-order valence-corrected chi connectivity index (χ4v) is 3.16. The molecule has 0 heterocycles. The molecular weight excluding hydrogens is 362 g/mol. The van der Waals surface area contributed by atoms with Crippen molar-refractivity contribution in [2.24, 2.45) is 5.73 Å². The molecule has 2 N–H and O–H groups in total. The first-order valence-electron chi connectivity index (χ1n) is 7.80. The topological polar surface area (TPSA) is 117 Å². The van der Waals surface area contributed by atoms with Gasteiger partial charge >= 0.3 is 5.97 Å². The van der Waals surface area contributed by atoms with Gasteiger partial charge in [-0.15, -0.1) is 0 Å². The Hall–Kier alpha value is -3.55. The van der Waals surface area contributed by atoms with Gasteiger partial charge in [-0.1, -0.05) is 36.0 Å². The molecule has 0 unspecified atom stereocenters. The van der Waals surface area contributed by atoms with E-state index in [2.05, 4.69) is 6.07 Å². The maximum absolute atomic E-state index is 12.4. The molecule has 0 amide bonds. The lowest BCUT2D eigenvalue weighted by Gasteiger charge is -2.10. The van der Waals surface area contributed by atoms with Crippen LogP contribution in [-0.2, 0) is 9.53 Å². The first kappa shape index (κ1) is 19.8. The summed E-state index contributed by atoms with van der Waals surface area (Å²) in [5, 5.41) is 18.1. The molecule has 0 aliphatic rings. The Balaban J connectivity index is 2.19. The molecule has 7 heteroatoms. The SMILES string of the molecule is CC(N)=C(C#N)C(=O)COC(=O)c1ccccc1Sc1ccccc1C#N. The minimum absolute atomic E-state index is 0.0719.